The van der Waals surface area contributed by atoms with E-state index >= 15 is 0 Å². The maximum atomic E-state index is 12.3. The van der Waals surface area contributed by atoms with Gasteiger partial charge in [0.2, 0.25) is 0 Å². The van der Waals surface area contributed by atoms with Crippen LogP contribution in [-0.4, -0.2) is 78.0 Å². The molecule has 202 valence electrons. The minimum absolute atomic E-state index is 0.113. The van der Waals surface area contributed by atoms with Gasteiger partial charge in [-0.1, -0.05) is 53.5 Å². The van der Waals surface area contributed by atoms with Crippen LogP contribution < -0.4 is 0 Å². The zero-order chi connectivity index (χ0) is 26.1. The van der Waals surface area contributed by atoms with Crippen LogP contribution in [0, 0.1) is 40.4 Å². The van der Waals surface area contributed by atoms with Gasteiger partial charge in [-0.25, -0.2) is 0 Å². The Labute approximate surface area is 209 Å². The maximum absolute atomic E-state index is 12.3. The molecular weight excluding hydrogens is 448 g/mol. The smallest absolute Gasteiger partial charge is 0.123 e. The molecule has 4 aliphatic carbocycles. The lowest BCUT2D eigenvalue weighted by Crippen LogP contribution is -2.79. The first-order valence-electron chi connectivity index (χ1n) is 13.7. The summed E-state index contributed by atoms with van der Waals surface area (Å²) < 4.78 is 0. The number of rotatable bonds is 6. The van der Waals surface area contributed by atoms with E-state index in [2.05, 4.69) is 34.6 Å². The highest BCUT2D eigenvalue weighted by atomic mass is 16.4. The molecular formula is C28H48O7. The van der Waals surface area contributed by atoms with E-state index in [0.29, 0.717) is 35.7 Å². The Kier molecular flexibility index (Phi) is 7.10. The number of fused-ring (bicyclic) bond motifs is 5. The van der Waals surface area contributed by atoms with Crippen LogP contribution in [0.5, 0.6) is 0 Å². The fraction of sp³-hybridized carbons (Fsp3) is 0.929. The molecule has 3 unspecified atom stereocenters. The third kappa shape index (κ3) is 3.63. The third-order valence-electron chi connectivity index (χ3n) is 11.4. The molecule has 3 saturated carbocycles. The van der Waals surface area contributed by atoms with Crippen molar-refractivity contribution in [3.63, 3.8) is 0 Å². The zero-order valence-electron chi connectivity index (χ0n) is 22.1. The first-order chi connectivity index (χ1) is 16.2. The zero-order valence-corrected chi connectivity index (χ0v) is 22.1. The van der Waals surface area contributed by atoms with Crippen LogP contribution in [0.2, 0.25) is 0 Å². The summed E-state index contributed by atoms with van der Waals surface area (Å²) in [6.07, 6.45) is -0.258. The molecule has 35 heavy (non-hydrogen) atoms. The first kappa shape index (κ1) is 27.5. The summed E-state index contributed by atoms with van der Waals surface area (Å²) in [6, 6.07) is 0. The Balaban J connectivity index is 1.72. The summed E-state index contributed by atoms with van der Waals surface area (Å²) >= 11 is 0. The molecule has 7 nitrogen and oxygen atoms in total. The summed E-state index contributed by atoms with van der Waals surface area (Å²) in [5.74, 6) is 1.93. The molecule has 7 N–H and O–H groups in total. The first-order valence-corrected chi connectivity index (χ1v) is 13.7. The second-order valence-corrected chi connectivity index (χ2v) is 13.3. The second-order valence-electron chi connectivity index (χ2n) is 13.3. The van der Waals surface area contributed by atoms with Crippen molar-refractivity contribution in [1.82, 2.24) is 0 Å². The average Bonchev–Trinajstić information content (AvgIpc) is 3.12. The van der Waals surface area contributed by atoms with Gasteiger partial charge >= 0.3 is 0 Å². The van der Waals surface area contributed by atoms with E-state index < -0.39 is 54.1 Å². The van der Waals surface area contributed by atoms with Gasteiger partial charge in [-0.15, -0.1) is 0 Å². The van der Waals surface area contributed by atoms with Crippen LogP contribution in [0.3, 0.4) is 0 Å². The highest BCUT2D eigenvalue weighted by molar-refractivity contribution is 5.43. The number of hydrogen-bond donors (Lipinski definition) is 7. The molecule has 7 heteroatoms. The van der Waals surface area contributed by atoms with E-state index in [1.165, 1.54) is 6.08 Å². The highest BCUT2D eigenvalue weighted by Crippen LogP contribution is 2.69. The van der Waals surface area contributed by atoms with Gasteiger partial charge in [-0.3, -0.25) is 0 Å². The van der Waals surface area contributed by atoms with Gasteiger partial charge in [-0.05, 0) is 66.3 Å². The van der Waals surface area contributed by atoms with Gasteiger partial charge in [-0.2, -0.15) is 0 Å². The largest absolute Gasteiger partial charge is 0.396 e. The van der Waals surface area contributed by atoms with E-state index in [4.69, 9.17) is 0 Å². The van der Waals surface area contributed by atoms with Crippen molar-refractivity contribution >= 4 is 0 Å². The molecule has 0 aromatic carbocycles. The molecule has 0 bridgehead atoms. The van der Waals surface area contributed by atoms with E-state index in [1.54, 1.807) is 0 Å². The molecule has 0 saturated heterocycles. The van der Waals surface area contributed by atoms with Gasteiger partial charge in [0, 0.05) is 6.42 Å². The Morgan fingerprint density at radius 2 is 1.54 bits per heavy atom. The molecule has 0 amide bonds. The Hall–Kier alpha value is -0.540. The van der Waals surface area contributed by atoms with Crippen LogP contribution in [0.4, 0.5) is 0 Å². The Bertz CT molecular complexity index is 830. The lowest BCUT2D eigenvalue weighted by molar-refractivity contribution is -0.311. The summed E-state index contributed by atoms with van der Waals surface area (Å²) in [5, 5.41) is 78.1. The van der Waals surface area contributed by atoms with E-state index in [9.17, 15) is 35.7 Å². The molecule has 0 spiro atoms. The van der Waals surface area contributed by atoms with Crippen molar-refractivity contribution in [3.05, 3.63) is 11.6 Å². The van der Waals surface area contributed by atoms with E-state index in [1.807, 2.05) is 0 Å². The molecule has 0 aliphatic heterocycles. The van der Waals surface area contributed by atoms with Crippen LogP contribution >= 0.6 is 0 Å². The van der Waals surface area contributed by atoms with Crippen LogP contribution in [0.1, 0.15) is 79.6 Å². The summed E-state index contributed by atoms with van der Waals surface area (Å²) in [4.78, 5) is 0. The Morgan fingerprint density at radius 1 is 0.914 bits per heavy atom. The predicted octanol–water partition coefficient (Wildman–Crippen LogP) is 1.75. The van der Waals surface area contributed by atoms with Gasteiger partial charge in [0.1, 0.15) is 17.3 Å². The van der Waals surface area contributed by atoms with Crippen LogP contribution in [0.25, 0.3) is 0 Å². The summed E-state index contributed by atoms with van der Waals surface area (Å²) in [7, 11) is 0. The van der Waals surface area contributed by atoms with Crippen molar-refractivity contribution < 1.29 is 35.7 Å². The van der Waals surface area contributed by atoms with Crippen LogP contribution in [0.15, 0.2) is 11.6 Å². The monoisotopic (exact) mass is 496 g/mol. The summed E-state index contributed by atoms with van der Waals surface area (Å²) in [6.45, 7) is 10.5. The molecule has 0 radical (unpaired) electrons. The lowest BCUT2D eigenvalue weighted by Gasteiger charge is -2.67. The normalized spacial score (nSPS) is 51.3. The SMILES string of the molecule is CC(C)C(C)CCC(C)[C@H]1CCC2C3=C[C@H](O)[C@]4(O)C[C@H](O)[C@@H](O)C[C@]4(CO)[C@@]3(O)[C@H](O)C[C@@]21C. The van der Waals surface area contributed by atoms with Crippen molar-refractivity contribution in [2.75, 3.05) is 6.61 Å². The van der Waals surface area contributed by atoms with Crippen molar-refractivity contribution in [2.45, 2.75) is 115 Å². The number of aliphatic hydroxyl groups is 7. The van der Waals surface area contributed by atoms with Gasteiger partial charge < -0.3 is 35.7 Å². The topological polar surface area (TPSA) is 142 Å². The predicted molar refractivity (Wildman–Crippen MR) is 132 cm³/mol. The maximum Gasteiger partial charge on any atom is 0.123 e. The quantitative estimate of drug-likeness (QED) is 0.278. The highest BCUT2D eigenvalue weighted by Gasteiger charge is 2.76. The second kappa shape index (κ2) is 9.04. The fourth-order valence-corrected chi connectivity index (χ4v) is 8.76. The van der Waals surface area contributed by atoms with E-state index in [0.717, 1.165) is 25.7 Å². The van der Waals surface area contributed by atoms with E-state index in [-0.39, 0.29) is 17.8 Å². The van der Waals surface area contributed by atoms with Crippen molar-refractivity contribution in [1.29, 1.82) is 0 Å². The lowest BCUT2D eigenvalue weighted by atomic mass is 9.42. The van der Waals surface area contributed by atoms with Gasteiger partial charge in [0.15, 0.2) is 0 Å². The molecule has 0 heterocycles. The van der Waals surface area contributed by atoms with Gasteiger partial charge in [0.05, 0.1) is 30.3 Å². The Morgan fingerprint density at radius 3 is 2.14 bits per heavy atom. The average molecular weight is 497 g/mol. The van der Waals surface area contributed by atoms with Crippen molar-refractivity contribution in [2.24, 2.45) is 40.4 Å². The van der Waals surface area contributed by atoms with Crippen LogP contribution in [-0.2, 0) is 0 Å². The number of hydrogen-bond acceptors (Lipinski definition) is 7. The fourth-order valence-electron chi connectivity index (χ4n) is 8.76. The third-order valence-corrected chi connectivity index (χ3v) is 11.4. The standard InChI is InChI=1S/C28H48O7/c1-15(2)16(3)6-7-17(4)18-8-9-19-20-10-23(32)27(34)12-22(31)21(30)11-26(27,14-29)28(20,35)24(33)13-25(18,19)5/h10,15-19,21-24,29-35H,6-9,11-14H2,1-5H3/t16?,17?,18-,19?,21+,22+,23+,24-,25-,26-,27-,28+/m1/s1. The minimum atomic E-state index is -2.08. The van der Waals surface area contributed by atoms with Gasteiger partial charge in [0.25, 0.3) is 0 Å². The number of aliphatic hydroxyl groups excluding tert-OH is 5. The molecule has 4 rings (SSSR count). The minimum Gasteiger partial charge on any atom is -0.396 e. The molecule has 3 fully saturated rings. The van der Waals surface area contributed by atoms with Crippen molar-refractivity contribution in [3.8, 4) is 0 Å². The molecule has 0 aromatic rings. The molecule has 0 aromatic heterocycles. The molecule has 12 atom stereocenters. The molecule has 4 aliphatic rings. The summed E-state index contributed by atoms with van der Waals surface area (Å²) in [5.41, 5.74) is -5.69.